The molecule has 20 heavy (non-hydrogen) atoms. The molecule has 0 saturated carbocycles. The molecule has 1 rings (SSSR count). The first-order chi connectivity index (χ1) is 9.63. The minimum absolute atomic E-state index is 0.101. The van der Waals surface area contributed by atoms with Crippen LogP contribution in [0.5, 0.6) is 0 Å². The molecule has 0 unspecified atom stereocenters. The summed E-state index contributed by atoms with van der Waals surface area (Å²) < 4.78 is 0. The average Bonchev–Trinajstić information content (AvgIpc) is 2.44. The van der Waals surface area contributed by atoms with Gasteiger partial charge in [0, 0.05) is 32.4 Å². The zero-order valence-electron chi connectivity index (χ0n) is 12.3. The first kappa shape index (κ1) is 16.1. The number of nitrogens with one attached hydrogen (secondary N) is 1. The second-order valence-electron chi connectivity index (χ2n) is 4.79. The van der Waals surface area contributed by atoms with E-state index in [0.29, 0.717) is 13.1 Å². The summed E-state index contributed by atoms with van der Waals surface area (Å²) in [6.45, 7) is 4.80. The van der Waals surface area contributed by atoms with Gasteiger partial charge in [-0.2, -0.15) is 0 Å². The summed E-state index contributed by atoms with van der Waals surface area (Å²) in [7, 11) is 0. The van der Waals surface area contributed by atoms with E-state index in [4.69, 9.17) is 0 Å². The molecule has 5 heteroatoms. The molecule has 1 heterocycles. The second-order valence-corrected chi connectivity index (χ2v) is 4.79. The molecule has 1 aromatic heterocycles. The molecule has 0 radical (unpaired) electrons. The number of hydrogen-bond acceptors (Lipinski definition) is 3. The normalized spacial score (nSPS) is 10.1. The molecule has 0 fully saturated rings. The number of hydrogen-bond donors (Lipinski definition) is 1. The van der Waals surface area contributed by atoms with E-state index in [1.54, 1.807) is 12.4 Å². The number of carbonyl (C=O) groups is 2. The summed E-state index contributed by atoms with van der Waals surface area (Å²) in [4.78, 5) is 28.9. The monoisotopic (exact) mass is 277 g/mol. The van der Waals surface area contributed by atoms with E-state index in [0.717, 1.165) is 24.8 Å². The Bertz CT molecular complexity index is 420. The van der Waals surface area contributed by atoms with Gasteiger partial charge in [0.2, 0.25) is 11.8 Å². The van der Waals surface area contributed by atoms with Gasteiger partial charge in [-0.1, -0.05) is 19.8 Å². The largest absolute Gasteiger partial charge is 0.355 e. The third kappa shape index (κ3) is 6.31. The van der Waals surface area contributed by atoms with Crippen LogP contribution in [0.15, 0.2) is 24.5 Å². The molecule has 5 nitrogen and oxygen atoms in total. The Kier molecular flexibility index (Phi) is 7.32. The Morgan fingerprint density at radius 1 is 1.25 bits per heavy atom. The standard InChI is InChI=1S/C15H23N3O2/c1-3-4-5-8-17-15(20)12-18(13(2)19)11-14-6-9-16-10-7-14/h6-7,9-10H,3-5,8,11-12H2,1-2H3,(H,17,20). The maximum atomic E-state index is 11.8. The summed E-state index contributed by atoms with van der Waals surface area (Å²) in [6.07, 6.45) is 6.56. The molecule has 0 aliphatic rings. The van der Waals surface area contributed by atoms with Crippen LogP contribution in [0.2, 0.25) is 0 Å². The summed E-state index contributed by atoms with van der Waals surface area (Å²) in [5.41, 5.74) is 0.967. The van der Waals surface area contributed by atoms with E-state index >= 15 is 0 Å². The summed E-state index contributed by atoms with van der Waals surface area (Å²) >= 11 is 0. The Labute approximate surface area is 120 Å². The maximum Gasteiger partial charge on any atom is 0.239 e. The van der Waals surface area contributed by atoms with Crippen molar-refractivity contribution in [2.75, 3.05) is 13.1 Å². The summed E-state index contributed by atoms with van der Waals surface area (Å²) in [5.74, 6) is -0.212. The lowest BCUT2D eigenvalue weighted by molar-refractivity contribution is -0.134. The molecule has 0 bridgehead atoms. The van der Waals surface area contributed by atoms with E-state index in [2.05, 4.69) is 17.2 Å². The molecule has 0 aliphatic carbocycles. The number of amides is 2. The number of pyridine rings is 1. The van der Waals surface area contributed by atoms with Crippen LogP contribution in [-0.2, 0) is 16.1 Å². The molecule has 0 aromatic carbocycles. The topological polar surface area (TPSA) is 62.3 Å². The van der Waals surface area contributed by atoms with Crippen LogP contribution in [0.25, 0.3) is 0 Å². The third-order valence-electron chi connectivity index (χ3n) is 3.01. The van der Waals surface area contributed by atoms with Gasteiger partial charge in [-0.05, 0) is 24.1 Å². The predicted molar refractivity (Wildman–Crippen MR) is 77.9 cm³/mol. The van der Waals surface area contributed by atoms with Crippen LogP contribution < -0.4 is 5.32 Å². The van der Waals surface area contributed by atoms with Crippen LogP contribution >= 0.6 is 0 Å². The van der Waals surface area contributed by atoms with Crippen molar-refractivity contribution < 1.29 is 9.59 Å². The van der Waals surface area contributed by atoms with Crippen molar-refractivity contribution in [2.45, 2.75) is 39.7 Å². The zero-order valence-corrected chi connectivity index (χ0v) is 12.3. The molecular weight excluding hydrogens is 254 g/mol. The second kappa shape index (κ2) is 9.07. The van der Waals surface area contributed by atoms with E-state index in [1.807, 2.05) is 12.1 Å². The third-order valence-corrected chi connectivity index (χ3v) is 3.01. The van der Waals surface area contributed by atoms with E-state index < -0.39 is 0 Å². The van der Waals surface area contributed by atoms with Gasteiger partial charge >= 0.3 is 0 Å². The predicted octanol–water partition coefficient (Wildman–Crippen LogP) is 1.74. The highest BCUT2D eigenvalue weighted by molar-refractivity contribution is 5.83. The first-order valence-corrected chi connectivity index (χ1v) is 7.04. The van der Waals surface area contributed by atoms with Crippen molar-refractivity contribution in [1.82, 2.24) is 15.2 Å². The van der Waals surface area contributed by atoms with Crippen molar-refractivity contribution in [2.24, 2.45) is 0 Å². The Morgan fingerprint density at radius 2 is 1.95 bits per heavy atom. The van der Waals surface area contributed by atoms with Gasteiger partial charge in [-0.25, -0.2) is 0 Å². The number of aromatic nitrogens is 1. The number of nitrogens with zero attached hydrogens (tertiary/aromatic N) is 2. The Morgan fingerprint density at radius 3 is 2.55 bits per heavy atom. The van der Waals surface area contributed by atoms with Crippen molar-refractivity contribution in [3.63, 3.8) is 0 Å². The van der Waals surface area contributed by atoms with Gasteiger partial charge < -0.3 is 10.2 Å². The Balaban J connectivity index is 2.43. The molecule has 0 spiro atoms. The van der Waals surface area contributed by atoms with Crippen LogP contribution in [0.1, 0.15) is 38.7 Å². The minimum atomic E-state index is -0.106. The molecule has 0 aliphatic heterocycles. The number of unbranched alkanes of at least 4 members (excludes halogenated alkanes) is 2. The van der Waals surface area contributed by atoms with Gasteiger partial charge in [0.25, 0.3) is 0 Å². The average molecular weight is 277 g/mol. The SMILES string of the molecule is CCCCCNC(=O)CN(Cc1ccncc1)C(C)=O. The molecule has 110 valence electrons. The van der Waals surface area contributed by atoms with E-state index in [9.17, 15) is 9.59 Å². The van der Waals surface area contributed by atoms with Crippen molar-refractivity contribution in [1.29, 1.82) is 0 Å². The molecule has 0 atom stereocenters. The molecular formula is C15H23N3O2. The molecule has 1 aromatic rings. The lowest BCUT2D eigenvalue weighted by Gasteiger charge is -2.20. The lowest BCUT2D eigenvalue weighted by atomic mass is 10.2. The summed E-state index contributed by atoms with van der Waals surface area (Å²) in [6, 6.07) is 3.68. The van der Waals surface area contributed by atoms with Crippen molar-refractivity contribution in [3.05, 3.63) is 30.1 Å². The van der Waals surface area contributed by atoms with Gasteiger partial charge in [0.15, 0.2) is 0 Å². The highest BCUT2D eigenvalue weighted by atomic mass is 16.2. The van der Waals surface area contributed by atoms with Crippen molar-refractivity contribution >= 4 is 11.8 Å². The quantitative estimate of drug-likeness (QED) is 0.736. The van der Waals surface area contributed by atoms with Crippen molar-refractivity contribution in [3.8, 4) is 0 Å². The summed E-state index contributed by atoms with van der Waals surface area (Å²) in [5, 5.41) is 2.84. The van der Waals surface area contributed by atoms with Gasteiger partial charge in [0.05, 0.1) is 6.54 Å². The number of rotatable bonds is 8. The fraction of sp³-hybridized carbons (Fsp3) is 0.533. The highest BCUT2D eigenvalue weighted by Gasteiger charge is 2.13. The van der Waals surface area contributed by atoms with E-state index in [1.165, 1.54) is 11.8 Å². The van der Waals surface area contributed by atoms with Crippen LogP contribution in [-0.4, -0.2) is 34.8 Å². The smallest absolute Gasteiger partial charge is 0.239 e. The first-order valence-electron chi connectivity index (χ1n) is 7.04. The van der Waals surface area contributed by atoms with Crippen LogP contribution in [0.3, 0.4) is 0 Å². The zero-order chi connectivity index (χ0) is 14.8. The number of carbonyl (C=O) groups excluding carboxylic acids is 2. The highest BCUT2D eigenvalue weighted by Crippen LogP contribution is 2.03. The maximum absolute atomic E-state index is 11.8. The molecule has 1 N–H and O–H groups in total. The fourth-order valence-corrected chi connectivity index (χ4v) is 1.82. The minimum Gasteiger partial charge on any atom is -0.355 e. The van der Waals surface area contributed by atoms with E-state index in [-0.39, 0.29) is 18.4 Å². The van der Waals surface area contributed by atoms with Gasteiger partial charge in [-0.15, -0.1) is 0 Å². The Hall–Kier alpha value is -1.91. The molecule has 0 saturated heterocycles. The lowest BCUT2D eigenvalue weighted by Crippen LogP contribution is -2.39. The molecule has 2 amide bonds. The fourth-order valence-electron chi connectivity index (χ4n) is 1.82. The van der Waals surface area contributed by atoms with Crippen LogP contribution in [0, 0.1) is 0 Å². The van der Waals surface area contributed by atoms with Gasteiger partial charge in [-0.3, -0.25) is 14.6 Å². The van der Waals surface area contributed by atoms with Gasteiger partial charge in [0.1, 0.15) is 0 Å². The van der Waals surface area contributed by atoms with Crippen LogP contribution in [0.4, 0.5) is 0 Å².